The molecule has 0 atom stereocenters. The lowest BCUT2D eigenvalue weighted by atomic mass is 9.93. The number of carbonyl (C=O) groups excluding carboxylic acids is 2. The molecule has 0 saturated carbocycles. The molecule has 0 fully saturated rings. The van der Waals surface area contributed by atoms with Crippen molar-refractivity contribution in [3.8, 4) is 39.6 Å². The molecule has 0 unspecified atom stereocenters. The summed E-state index contributed by atoms with van der Waals surface area (Å²) in [7, 11) is 4.59. The third-order valence-corrected chi connectivity index (χ3v) is 7.82. The van der Waals surface area contributed by atoms with Gasteiger partial charge in [0.15, 0.2) is 17.3 Å². The van der Waals surface area contributed by atoms with Gasteiger partial charge in [0.25, 0.3) is 0 Å². The third kappa shape index (κ3) is 3.38. The van der Waals surface area contributed by atoms with E-state index in [1.807, 2.05) is 24.3 Å². The zero-order chi connectivity index (χ0) is 26.6. The van der Waals surface area contributed by atoms with Crippen LogP contribution in [-0.2, 0) is 0 Å². The summed E-state index contributed by atoms with van der Waals surface area (Å²) in [6, 6.07) is 19.9. The van der Waals surface area contributed by atoms with Crippen LogP contribution in [-0.4, -0.2) is 37.9 Å². The molecule has 0 amide bonds. The highest BCUT2D eigenvalue weighted by Gasteiger charge is 2.35. The van der Waals surface area contributed by atoms with Crippen LogP contribution in [0.5, 0.6) is 17.2 Å². The van der Waals surface area contributed by atoms with E-state index in [0.717, 1.165) is 5.56 Å². The molecular formula is C30H22N2O5S. The SMILES string of the molecule is COc1cc(-c2c3c(nc4sc(C(=O)c5ccccc5)c(N)c24)-c2ccccc2C3=O)cc(OC)c1OC. The monoisotopic (exact) mass is 522 g/mol. The fourth-order valence-electron chi connectivity index (χ4n) is 4.99. The first kappa shape index (κ1) is 23.7. The van der Waals surface area contributed by atoms with Gasteiger partial charge in [-0.2, -0.15) is 0 Å². The molecule has 2 aromatic heterocycles. The fourth-order valence-corrected chi connectivity index (χ4v) is 6.06. The number of nitrogen functional groups attached to an aromatic ring is 1. The Hall–Kier alpha value is -4.69. The molecule has 2 heterocycles. The van der Waals surface area contributed by atoms with Gasteiger partial charge < -0.3 is 19.9 Å². The lowest BCUT2D eigenvalue weighted by Crippen LogP contribution is -2.04. The van der Waals surface area contributed by atoms with E-state index in [1.165, 1.54) is 32.7 Å². The number of ether oxygens (including phenoxy) is 3. The number of ketones is 2. The number of fused-ring (bicyclic) bond motifs is 4. The summed E-state index contributed by atoms with van der Waals surface area (Å²) in [5.41, 5.74) is 11.0. The van der Waals surface area contributed by atoms with Gasteiger partial charge in [0, 0.05) is 27.6 Å². The maximum atomic E-state index is 13.8. The van der Waals surface area contributed by atoms with Gasteiger partial charge in [-0.3, -0.25) is 9.59 Å². The molecule has 0 aliphatic heterocycles. The summed E-state index contributed by atoms with van der Waals surface area (Å²) in [5, 5.41) is 0.545. The standard InChI is InChI=1S/C30H22N2O5S/c1-35-19-13-16(14-20(36-2)28(19)37-3)21-22-24(31)29(26(33)15-9-5-4-6-10-15)38-30(22)32-25-17-11-7-8-12-18(17)27(34)23(21)25/h4-14H,31H2,1-3H3. The second-order valence-electron chi connectivity index (χ2n) is 8.72. The Labute approximate surface area is 222 Å². The number of hydrogen-bond donors (Lipinski definition) is 1. The number of carbonyl (C=O) groups is 2. The number of pyridine rings is 1. The van der Waals surface area contributed by atoms with Crippen LogP contribution in [0.25, 0.3) is 32.6 Å². The zero-order valence-corrected chi connectivity index (χ0v) is 21.6. The highest BCUT2D eigenvalue weighted by Crippen LogP contribution is 2.51. The number of hydrogen-bond acceptors (Lipinski definition) is 8. The topological polar surface area (TPSA) is 101 Å². The maximum absolute atomic E-state index is 13.8. The first-order chi connectivity index (χ1) is 18.5. The highest BCUT2D eigenvalue weighted by atomic mass is 32.1. The smallest absolute Gasteiger partial charge is 0.205 e. The molecule has 188 valence electrons. The minimum Gasteiger partial charge on any atom is -0.493 e. The molecule has 1 aliphatic carbocycles. The van der Waals surface area contributed by atoms with Crippen LogP contribution in [0, 0.1) is 0 Å². The molecule has 7 nitrogen and oxygen atoms in total. The highest BCUT2D eigenvalue weighted by molar-refractivity contribution is 7.21. The lowest BCUT2D eigenvalue weighted by Gasteiger charge is -2.16. The summed E-state index contributed by atoms with van der Waals surface area (Å²) < 4.78 is 16.7. The minimum absolute atomic E-state index is 0.157. The quantitative estimate of drug-likeness (QED) is 0.267. The summed E-state index contributed by atoms with van der Waals surface area (Å²) in [6.45, 7) is 0. The van der Waals surface area contributed by atoms with Crippen molar-refractivity contribution < 1.29 is 23.8 Å². The van der Waals surface area contributed by atoms with Crippen molar-refractivity contribution in [2.75, 3.05) is 27.1 Å². The molecule has 8 heteroatoms. The Morgan fingerprint density at radius 2 is 1.47 bits per heavy atom. The first-order valence-electron chi connectivity index (χ1n) is 11.8. The van der Waals surface area contributed by atoms with Crippen molar-refractivity contribution >= 4 is 38.8 Å². The van der Waals surface area contributed by atoms with Crippen molar-refractivity contribution in [1.82, 2.24) is 4.98 Å². The van der Waals surface area contributed by atoms with Gasteiger partial charge in [-0.05, 0) is 17.7 Å². The van der Waals surface area contributed by atoms with Gasteiger partial charge in [0.05, 0.1) is 38.3 Å². The Bertz CT molecular complexity index is 1750. The molecule has 3 aromatic carbocycles. The molecule has 0 saturated heterocycles. The van der Waals surface area contributed by atoms with Crippen molar-refractivity contribution in [3.05, 3.63) is 88.3 Å². The number of nitrogens with two attached hydrogens (primary N) is 1. The summed E-state index contributed by atoms with van der Waals surface area (Å²) in [4.78, 5) is 33.1. The number of aromatic nitrogens is 1. The molecule has 6 rings (SSSR count). The normalized spacial score (nSPS) is 11.8. The Kier molecular flexibility index (Phi) is 5.61. The average Bonchev–Trinajstić information content (AvgIpc) is 3.44. The van der Waals surface area contributed by atoms with Crippen molar-refractivity contribution in [2.24, 2.45) is 0 Å². The van der Waals surface area contributed by atoms with Crippen LogP contribution >= 0.6 is 11.3 Å². The van der Waals surface area contributed by atoms with Gasteiger partial charge in [0.2, 0.25) is 11.5 Å². The van der Waals surface area contributed by atoms with Gasteiger partial charge >= 0.3 is 0 Å². The van der Waals surface area contributed by atoms with E-state index in [9.17, 15) is 9.59 Å². The van der Waals surface area contributed by atoms with Crippen molar-refractivity contribution in [3.63, 3.8) is 0 Å². The van der Waals surface area contributed by atoms with Gasteiger partial charge in [-0.1, -0.05) is 54.6 Å². The predicted octanol–water partition coefficient (Wildman–Crippen LogP) is 6.01. The van der Waals surface area contributed by atoms with Gasteiger partial charge in [0.1, 0.15) is 9.71 Å². The van der Waals surface area contributed by atoms with Crippen LogP contribution in [0.4, 0.5) is 5.69 Å². The summed E-state index contributed by atoms with van der Waals surface area (Å²) >= 11 is 1.22. The number of anilines is 1. The minimum atomic E-state index is -0.200. The Morgan fingerprint density at radius 3 is 2.11 bits per heavy atom. The zero-order valence-electron chi connectivity index (χ0n) is 20.8. The lowest BCUT2D eigenvalue weighted by molar-refractivity contribution is 0.103. The van der Waals surface area contributed by atoms with E-state index in [1.54, 1.807) is 42.5 Å². The van der Waals surface area contributed by atoms with E-state index in [2.05, 4.69) is 0 Å². The number of benzene rings is 3. The second-order valence-corrected chi connectivity index (χ2v) is 9.72. The first-order valence-corrected chi connectivity index (χ1v) is 12.6. The number of methoxy groups -OCH3 is 3. The fraction of sp³-hybridized carbons (Fsp3) is 0.100. The Morgan fingerprint density at radius 1 is 0.842 bits per heavy atom. The molecule has 0 radical (unpaired) electrons. The van der Waals surface area contributed by atoms with Crippen LogP contribution < -0.4 is 19.9 Å². The largest absolute Gasteiger partial charge is 0.493 e. The second kappa shape index (κ2) is 9.00. The predicted molar refractivity (Wildman–Crippen MR) is 148 cm³/mol. The molecule has 38 heavy (non-hydrogen) atoms. The molecule has 2 N–H and O–H groups in total. The van der Waals surface area contributed by atoms with Crippen molar-refractivity contribution in [2.45, 2.75) is 0 Å². The summed E-state index contributed by atoms with van der Waals surface area (Å²) in [5.74, 6) is 0.925. The van der Waals surface area contributed by atoms with Gasteiger partial charge in [-0.25, -0.2) is 4.98 Å². The third-order valence-electron chi connectivity index (χ3n) is 6.73. The summed E-state index contributed by atoms with van der Waals surface area (Å²) in [6.07, 6.45) is 0. The van der Waals surface area contributed by atoms with Crippen LogP contribution in [0.2, 0.25) is 0 Å². The van der Waals surface area contributed by atoms with E-state index in [-0.39, 0.29) is 17.3 Å². The van der Waals surface area contributed by atoms with E-state index < -0.39 is 0 Å². The Balaban J connectivity index is 1.72. The van der Waals surface area contributed by atoms with E-state index in [0.29, 0.717) is 65.9 Å². The van der Waals surface area contributed by atoms with Crippen LogP contribution in [0.15, 0.2) is 66.7 Å². The molecule has 1 aliphatic rings. The van der Waals surface area contributed by atoms with Crippen LogP contribution in [0.3, 0.4) is 0 Å². The van der Waals surface area contributed by atoms with Crippen molar-refractivity contribution in [1.29, 1.82) is 0 Å². The molecule has 0 bridgehead atoms. The van der Waals surface area contributed by atoms with Gasteiger partial charge in [-0.15, -0.1) is 11.3 Å². The number of nitrogens with zero attached hydrogens (tertiary/aromatic N) is 1. The number of thiophene rings is 1. The maximum Gasteiger partial charge on any atom is 0.205 e. The van der Waals surface area contributed by atoms with Crippen LogP contribution in [0.1, 0.15) is 31.2 Å². The average molecular weight is 523 g/mol. The molecular weight excluding hydrogens is 500 g/mol. The van der Waals surface area contributed by atoms with E-state index in [4.69, 9.17) is 24.9 Å². The van der Waals surface area contributed by atoms with E-state index >= 15 is 0 Å². The molecule has 5 aromatic rings. The molecule has 0 spiro atoms. The number of rotatable bonds is 6.